The van der Waals surface area contributed by atoms with Crippen LogP contribution in [0.15, 0.2) is 0 Å². The molecule has 1 saturated heterocycles. The van der Waals surface area contributed by atoms with Crippen LogP contribution in [0.1, 0.15) is 91.4 Å². The zero-order chi connectivity index (χ0) is 29.5. The van der Waals surface area contributed by atoms with Gasteiger partial charge in [-0.05, 0) is 33.1 Å². The fourth-order valence-electron chi connectivity index (χ4n) is 4.44. The summed E-state index contributed by atoms with van der Waals surface area (Å²) in [7, 11) is 0. The Morgan fingerprint density at radius 2 is 1.54 bits per heavy atom. The number of hydrogen-bond donors (Lipinski definition) is 6. The van der Waals surface area contributed by atoms with Gasteiger partial charge in [0.1, 0.15) is 24.2 Å². The summed E-state index contributed by atoms with van der Waals surface area (Å²) in [4.78, 5) is 74.7. The molecule has 13 heteroatoms. The van der Waals surface area contributed by atoms with E-state index >= 15 is 0 Å². The number of carbonyl (C=O) groups excluding carboxylic acids is 5. The Kier molecular flexibility index (Phi) is 15.1. The number of amides is 5. The number of nitrogens with zero attached hydrogens (tertiary/aromatic N) is 1. The molecule has 0 bridgehead atoms. The molecule has 0 aromatic carbocycles. The number of aliphatic carboxylic acids is 1. The second kappa shape index (κ2) is 17.4. The predicted molar refractivity (Wildman–Crippen MR) is 142 cm³/mol. The Labute approximate surface area is 229 Å². The van der Waals surface area contributed by atoms with Crippen LogP contribution in [0, 0.1) is 0 Å². The minimum absolute atomic E-state index is 0.117. The lowest BCUT2D eigenvalue weighted by molar-refractivity contribution is -0.143. The normalized spacial score (nSPS) is 17.9. The molecule has 0 aromatic rings. The number of carbonyl (C=O) groups is 6. The first-order valence-electron chi connectivity index (χ1n) is 13.8. The molecule has 1 rings (SSSR count). The fourth-order valence-corrected chi connectivity index (χ4v) is 4.44. The summed E-state index contributed by atoms with van der Waals surface area (Å²) in [5.41, 5.74) is 5.00. The first kappa shape index (κ1) is 33.8. The summed E-state index contributed by atoms with van der Waals surface area (Å²) in [6.45, 7) is 5.16. The summed E-state index contributed by atoms with van der Waals surface area (Å²) < 4.78 is 0. The highest BCUT2D eigenvalue weighted by Gasteiger charge is 2.37. The molecule has 1 fully saturated rings. The van der Waals surface area contributed by atoms with Gasteiger partial charge in [0.15, 0.2) is 0 Å². The molecule has 222 valence electrons. The molecule has 1 aliphatic rings. The number of rotatable bonds is 18. The highest BCUT2D eigenvalue weighted by molar-refractivity contribution is 5.95. The predicted octanol–water partition coefficient (Wildman–Crippen LogP) is -0.0668. The van der Waals surface area contributed by atoms with Crippen LogP contribution in [0.2, 0.25) is 0 Å². The average Bonchev–Trinajstić information content (AvgIpc) is 3.35. The van der Waals surface area contributed by atoms with Gasteiger partial charge in [-0.25, -0.2) is 4.79 Å². The summed E-state index contributed by atoms with van der Waals surface area (Å²) in [6.07, 6.45) is 6.94. The van der Waals surface area contributed by atoms with E-state index in [1.54, 1.807) is 0 Å². The first-order valence-corrected chi connectivity index (χ1v) is 13.8. The van der Waals surface area contributed by atoms with Crippen LogP contribution in [0.5, 0.6) is 0 Å². The highest BCUT2D eigenvalue weighted by Crippen LogP contribution is 2.20. The van der Waals surface area contributed by atoms with Crippen LogP contribution < -0.4 is 21.7 Å². The first-order chi connectivity index (χ1) is 18.4. The lowest BCUT2D eigenvalue weighted by Gasteiger charge is -2.28. The Morgan fingerprint density at radius 1 is 0.923 bits per heavy atom. The van der Waals surface area contributed by atoms with E-state index in [9.17, 15) is 33.9 Å². The number of nitrogens with one attached hydrogen (secondary N) is 3. The van der Waals surface area contributed by atoms with E-state index in [2.05, 4.69) is 22.9 Å². The van der Waals surface area contributed by atoms with Crippen LogP contribution in [-0.4, -0.2) is 87.4 Å². The van der Waals surface area contributed by atoms with Crippen molar-refractivity contribution in [1.82, 2.24) is 20.9 Å². The van der Waals surface area contributed by atoms with Crippen LogP contribution in [0.4, 0.5) is 0 Å². The van der Waals surface area contributed by atoms with Crippen molar-refractivity contribution >= 4 is 35.5 Å². The van der Waals surface area contributed by atoms with E-state index in [1.165, 1.54) is 38.0 Å². The monoisotopic (exact) mass is 555 g/mol. The average molecular weight is 556 g/mol. The number of aliphatic hydroxyl groups excluding tert-OH is 1. The van der Waals surface area contributed by atoms with Gasteiger partial charge in [0.25, 0.3) is 0 Å². The molecule has 39 heavy (non-hydrogen) atoms. The molecule has 0 aromatic heterocycles. The molecule has 0 saturated carbocycles. The van der Waals surface area contributed by atoms with E-state index in [1.807, 2.05) is 0 Å². The summed E-state index contributed by atoms with van der Waals surface area (Å²) >= 11 is 0. The fraction of sp³-hybridized carbons (Fsp3) is 0.769. The van der Waals surface area contributed by atoms with Crippen molar-refractivity contribution in [3.8, 4) is 0 Å². The largest absolute Gasteiger partial charge is 0.480 e. The summed E-state index contributed by atoms with van der Waals surface area (Å²) in [5.74, 6) is -4.87. The maximum absolute atomic E-state index is 13.0. The van der Waals surface area contributed by atoms with Crippen molar-refractivity contribution in [3.63, 3.8) is 0 Å². The zero-order valence-corrected chi connectivity index (χ0v) is 23.2. The lowest BCUT2D eigenvalue weighted by atomic mass is 10.1. The Morgan fingerprint density at radius 3 is 2.10 bits per heavy atom. The second-order valence-corrected chi connectivity index (χ2v) is 10.1. The molecule has 0 aliphatic carbocycles. The third kappa shape index (κ3) is 12.0. The van der Waals surface area contributed by atoms with Gasteiger partial charge in [-0.2, -0.15) is 0 Å². The molecule has 7 N–H and O–H groups in total. The molecule has 0 radical (unpaired) electrons. The number of aliphatic hydroxyl groups is 1. The van der Waals surface area contributed by atoms with Crippen molar-refractivity contribution in [2.45, 2.75) is 122 Å². The zero-order valence-electron chi connectivity index (χ0n) is 23.2. The van der Waals surface area contributed by atoms with Gasteiger partial charge in [0, 0.05) is 13.0 Å². The standard InChI is InChI=1S/C26H45N5O8/c1-4-5-6-7-8-9-10-13-21(34)31-14-11-12-19(31)24(36)30-22(17(3)32)25(37)28-16(2)23(35)29-18(26(38)39)15-20(27)33/h16-19,22,32H,4-15H2,1-3H3,(H2,27,33)(H,28,37)(H,29,35)(H,30,36)(H,38,39)/t16-,17+,18-,19-,22-/m0/s1. The third-order valence-electron chi connectivity index (χ3n) is 6.70. The van der Waals surface area contributed by atoms with Crippen molar-refractivity contribution in [3.05, 3.63) is 0 Å². The minimum Gasteiger partial charge on any atom is -0.480 e. The number of hydrogen-bond acceptors (Lipinski definition) is 7. The van der Waals surface area contributed by atoms with Crippen LogP contribution in [-0.2, 0) is 28.8 Å². The van der Waals surface area contributed by atoms with Crippen LogP contribution >= 0.6 is 0 Å². The van der Waals surface area contributed by atoms with Gasteiger partial charge in [-0.1, -0.05) is 45.4 Å². The maximum atomic E-state index is 13.0. The summed E-state index contributed by atoms with van der Waals surface area (Å²) in [5, 5.41) is 26.2. The van der Waals surface area contributed by atoms with Gasteiger partial charge in [-0.3, -0.25) is 24.0 Å². The van der Waals surface area contributed by atoms with E-state index in [0.29, 0.717) is 25.8 Å². The van der Waals surface area contributed by atoms with Gasteiger partial charge >= 0.3 is 5.97 Å². The molecule has 5 atom stereocenters. The number of carboxylic acid groups (broad SMARTS) is 1. The topological polar surface area (TPSA) is 208 Å². The number of primary amides is 1. The summed E-state index contributed by atoms with van der Waals surface area (Å²) in [6, 6.07) is -5.01. The number of likely N-dealkylation sites (tertiary alicyclic amines) is 1. The number of unbranched alkanes of at least 4 members (excludes halogenated alkanes) is 6. The van der Waals surface area contributed by atoms with E-state index in [4.69, 9.17) is 10.8 Å². The highest BCUT2D eigenvalue weighted by atomic mass is 16.4. The third-order valence-corrected chi connectivity index (χ3v) is 6.70. The Bertz CT molecular complexity index is 865. The Balaban J connectivity index is 2.67. The molecule has 0 unspecified atom stereocenters. The van der Waals surface area contributed by atoms with Gasteiger partial charge in [0.2, 0.25) is 29.5 Å². The van der Waals surface area contributed by atoms with Crippen LogP contribution in [0.25, 0.3) is 0 Å². The number of carboxylic acids is 1. The van der Waals surface area contributed by atoms with E-state index in [0.717, 1.165) is 25.7 Å². The van der Waals surface area contributed by atoms with Gasteiger partial charge in [0.05, 0.1) is 12.5 Å². The second-order valence-electron chi connectivity index (χ2n) is 10.1. The molecule has 5 amide bonds. The maximum Gasteiger partial charge on any atom is 0.326 e. The van der Waals surface area contributed by atoms with Crippen LogP contribution in [0.3, 0.4) is 0 Å². The van der Waals surface area contributed by atoms with Gasteiger partial charge < -0.3 is 36.8 Å². The van der Waals surface area contributed by atoms with Crippen molar-refractivity contribution < 1.29 is 39.0 Å². The Hall–Kier alpha value is -3.22. The number of nitrogens with two attached hydrogens (primary N) is 1. The molecule has 0 spiro atoms. The van der Waals surface area contributed by atoms with Gasteiger partial charge in [-0.15, -0.1) is 0 Å². The lowest BCUT2D eigenvalue weighted by Crippen LogP contribution is -2.59. The molecular formula is C26H45N5O8. The minimum atomic E-state index is -1.58. The smallest absolute Gasteiger partial charge is 0.326 e. The van der Waals surface area contributed by atoms with E-state index < -0.39 is 66.3 Å². The quantitative estimate of drug-likeness (QED) is 0.126. The SMILES string of the molecule is CCCCCCCCCC(=O)N1CCC[C@H]1C(=O)N[C@H](C(=O)N[C@@H](C)C(=O)N[C@@H](CC(N)=O)C(=O)O)[C@@H](C)O. The molecular weight excluding hydrogens is 510 g/mol. The van der Waals surface area contributed by atoms with E-state index in [-0.39, 0.29) is 5.91 Å². The van der Waals surface area contributed by atoms with Crippen molar-refractivity contribution in [2.75, 3.05) is 6.54 Å². The molecule has 1 aliphatic heterocycles. The molecule has 1 heterocycles. The molecule has 13 nitrogen and oxygen atoms in total. The van der Waals surface area contributed by atoms with Crippen molar-refractivity contribution in [1.29, 1.82) is 0 Å². The van der Waals surface area contributed by atoms with Crippen molar-refractivity contribution in [2.24, 2.45) is 5.73 Å².